The van der Waals surface area contributed by atoms with E-state index in [-0.39, 0.29) is 5.70 Å². The van der Waals surface area contributed by atoms with Crippen molar-refractivity contribution in [2.24, 2.45) is 0 Å². The molecule has 74 valence electrons. The van der Waals surface area contributed by atoms with E-state index in [0.717, 1.165) is 13.1 Å². The molecule has 0 amide bonds. The molecule has 0 aromatic carbocycles. The van der Waals surface area contributed by atoms with Gasteiger partial charge in [0.05, 0.1) is 4.92 Å². The summed E-state index contributed by atoms with van der Waals surface area (Å²) in [5.41, 5.74) is 0.156. The molecule has 0 radical (unpaired) electrons. The van der Waals surface area contributed by atoms with Crippen molar-refractivity contribution in [1.29, 1.82) is 0 Å². The zero-order chi connectivity index (χ0) is 10.3. The molecular weight excluding hydrogens is 168 g/mol. The largest absolute Gasteiger partial charge is 0.378 e. The molecule has 4 heteroatoms. The summed E-state index contributed by atoms with van der Waals surface area (Å²) in [4.78, 5) is 11.9. The van der Waals surface area contributed by atoms with Gasteiger partial charge in [0.25, 0.3) is 0 Å². The summed E-state index contributed by atoms with van der Waals surface area (Å²) in [6.07, 6.45) is 5.05. The fourth-order valence-corrected chi connectivity index (χ4v) is 0.799. The third kappa shape index (κ3) is 5.00. The molecule has 0 aromatic rings. The summed E-state index contributed by atoms with van der Waals surface area (Å²) in [7, 11) is 0. The van der Waals surface area contributed by atoms with Gasteiger partial charge in [-0.2, -0.15) is 0 Å². The van der Waals surface area contributed by atoms with E-state index in [2.05, 4.69) is 4.90 Å². The molecule has 0 saturated heterocycles. The Morgan fingerprint density at radius 3 is 2.38 bits per heavy atom. The molecule has 4 nitrogen and oxygen atoms in total. The average molecular weight is 184 g/mol. The highest BCUT2D eigenvalue weighted by Gasteiger charge is 1.97. The third-order valence-corrected chi connectivity index (χ3v) is 1.73. The lowest BCUT2D eigenvalue weighted by Gasteiger charge is -2.13. The Morgan fingerprint density at radius 2 is 2.00 bits per heavy atom. The molecule has 0 saturated carbocycles. The SMILES string of the molecule is CCN(/C=C/C=C(\C)[N+](=O)[O-])CC. The van der Waals surface area contributed by atoms with Crippen molar-refractivity contribution in [1.82, 2.24) is 4.90 Å². The van der Waals surface area contributed by atoms with E-state index in [1.807, 2.05) is 20.0 Å². The number of nitrogens with zero attached hydrogens (tertiary/aromatic N) is 2. The molecular formula is C9H16N2O2. The zero-order valence-corrected chi connectivity index (χ0v) is 8.36. The highest BCUT2D eigenvalue weighted by Crippen LogP contribution is 1.95. The van der Waals surface area contributed by atoms with Crippen molar-refractivity contribution in [3.63, 3.8) is 0 Å². The van der Waals surface area contributed by atoms with Gasteiger partial charge in [0.15, 0.2) is 0 Å². The summed E-state index contributed by atoms with van der Waals surface area (Å²) in [6, 6.07) is 0. The van der Waals surface area contributed by atoms with Crippen LogP contribution >= 0.6 is 0 Å². The van der Waals surface area contributed by atoms with E-state index in [1.165, 1.54) is 13.0 Å². The summed E-state index contributed by atoms with van der Waals surface area (Å²) < 4.78 is 0. The van der Waals surface area contributed by atoms with Crippen molar-refractivity contribution in [2.75, 3.05) is 13.1 Å². The molecule has 0 fully saturated rings. The van der Waals surface area contributed by atoms with Crippen molar-refractivity contribution in [2.45, 2.75) is 20.8 Å². The second-order valence-electron chi connectivity index (χ2n) is 2.63. The number of hydrogen-bond donors (Lipinski definition) is 0. The van der Waals surface area contributed by atoms with Gasteiger partial charge in [-0.15, -0.1) is 0 Å². The lowest BCUT2D eigenvalue weighted by atomic mass is 10.4. The standard InChI is InChI=1S/C9H16N2O2/c1-4-10(5-2)8-6-7-9(3)11(12)13/h6-8H,4-5H2,1-3H3/b8-6+,9-7+. The van der Waals surface area contributed by atoms with Gasteiger partial charge in [-0.05, 0) is 26.1 Å². The molecule has 0 unspecified atom stereocenters. The van der Waals surface area contributed by atoms with Crippen molar-refractivity contribution in [3.05, 3.63) is 34.2 Å². The first-order valence-electron chi connectivity index (χ1n) is 4.35. The minimum Gasteiger partial charge on any atom is -0.378 e. The van der Waals surface area contributed by atoms with E-state index in [4.69, 9.17) is 0 Å². The maximum atomic E-state index is 10.2. The topological polar surface area (TPSA) is 46.4 Å². The van der Waals surface area contributed by atoms with Gasteiger partial charge in [0.2, 0.25) is 5.70 Å². The molecule has 0 atom stereocenters. The highest BCUT2D eigenvalue weighted by molar-refractivity contribution is 5.04. The first-order chi connectivity index (χ1) is 6.11. The molecule has 0 aromatic heterocycles. The number of allylic oxidation sites excluding steroid dienone is 3. The summed E-state index contributed by atoms with van der Waals surface area (Å²) in [6.45, 7) is 7.39. The fourth-order valence-electron chi connectivity index (χ4n) is 0.799. The summed E-state index contributed by atoms with van der Waals surface area (Å²) in [5.74, 6) is 0. The first-order valence-corrected chi connectivity index (χ1v) is 4.35. The van der Waals surface area contributed by atoms with Crippen LogP contribution in [0.1, 0.15) is 20.8 Å². The minimum atomic E-state index is -0.396. The Bertz CT molecular complexity index is 218. The molecule has 0 heterocycles. The number of rotatable bonds is 5. The van der Waals surface area contributed by atoms with E-state index in [9.17, 15) is 10.1 Å². The molecule has 0 rings (SSSR count). The van der Waals surface area contributed by atoms with Crippen LogP contribution in [-0.2, 0) is 0 Å². The molecule has 13 heavy (non-hydrogen) atoms. The monoisotopic (exact) mass is 184 g/mol. The Balaban J connectivity index is 4.12. The predicted octanol–water partition coefficient (Wildman–Crippen LogP) is 2.02. The van der Waals surface area contributed by atoms with Crippen molar-refractivity contribution < 1.29 is 4.92 Å². The summed E-state index contributed by atoms with van der Waals surface area (Å²) in [5, 5.41) is 10.2. The van der Waals surface area contributed by atoms with E-state index >= 15 is 0 Å². The predicted molar refractivity (Wildman–Crippen MR) is 52.8 cm³/mol. The second-order valence-corrected chi connectivity index (χ2v) is 2.63. The van der Waals surface area contributed by atoms with Gasteiger partial charge in [-0.1, -0.05) is 0 Å². The molecule has 0 N–H and O–H groups in total. The number of nitro groups is 1. The van der Waals surface area contributed by atoms with E-state index in [1.54, 1.807) is 6.08 Å². The van der Waals surface area contributed by atoms with Gasteiger partial charge in [-0.3, -0.25) is 10.1 Å². The lowest BCUT2D eigenvalue weighted by Crippen LogP contribution is -2.14. The lowest BCUT2D eigenvalue weighted by molar-refractivity contribution is -0.424. The van der Waals surface area contributed by atoms with Crippen LogP contribution in [0.2, 0.25) is 0 Å². The Labute approximate surface area is 78.7 Å². The van der Waals surface area contributed by atoms with E-state index in [0.29, 0.717) is 0 Å². The van der Waals surface area contributed by atoms with Crippen LogP contribution in [0.3, 0.4) is 0 Å². The zero-order valence-electron chi connectivity index (χ0n) is 8.36. The van der Waals surface area contributed by atoms with Crippen LogP contribution in [0, 0.1) is 10.1 Å². The minimum absolute atomic E-state index is 0.156. The van der Waals surface area contributed by atoms with Gasteiger partial charge in [0, 0.05) is 26.1 Å². The second kappa shape index (κ2) is 6.22. The normalized spacial score (nSPS) is 12.1. The van der Waals surface area contributed by atoms with Crippen LogP contribution in [0.25, 0.3) is 0 Å². The Morgan fingerprint density at radius 1 is 1.46 bits per heavy atom. The molecule has 0 aliphatic carbocycles. The van der Waals surface area contributed by atoms with Gasteiger partial charge in [-0.25, -0.2) is 0 Å². The fraction of sp³-hybridized carbons (Fsp3) is 0.556. The van der Waals surface area contributed by atoms with Crippen LogP contribution in [0.15, 0.2) is 24.0 Å². The Kier molecular flexibility index (Phi) is 5.59. The molecule has 0 bridgehead atoms. The van der Waals surface area contributed by atoms with Gasteiger partial charge >= 0.3 is 0 Å². The molecule has 0 aliphatic rings. The quantitative estimate of drug-likeness (QED) is 0.373. The van der Waals surface area contributed by atoms with Crippen LogP contribution < -0.4 is 0 Å². The smallest absolute Gasteiger partial charge is 0.243 e. The summed E-state index contributed by atoms with van der Waals surface area (Å²) >= 11 is 0. The van der Waals surface area contributed by atoms with E-state index < -0.39 is 4.92 Å². The van der Waals surface area contributed by atoms with Crippen molar-refractivity contribution >= 4 is 0 Å². The van der Waals surface area contributed by atoms with Gasteiger partial charge in [0.1, 0.15) is 0 Å². The molecule has 0 spiro atoms. The third-order valence-electron chi connectivity index (χ3n) is 1.73. The maximum absolute atomic E-state index is 10.2. The van der Waals surface area contributed by atoms with Crippen molar-refractivity contribution in [3.8, 4) is 0 Å². The number of hydrogen-bond acceptors (Lipinski definition) is 3. The first kappa shape index (κ1) is 11.7. The van der Waals surface area contributed by atoms with Crippen LogP contribution in [0.5, 0.6) is 0 Å². The highest BCUT2D eigenvalue weighted by atomic mass is 16.6. The van der Waals surface area contributed by atoms with Gasteiger partial charge < -0.3 is 4.90 Å². The average Bonchev–Trinajstić information content (AvgIpc) is 2.12. The maximum Gasteiger partial charge on any atom is 0.243 e. The molecule has 0 aliphatic heterocycles. The van der Waals surface area contributed by atoms with Crippen LogP contribution in [0.4, 0.5) is 0 Å². The Hall–Kier alpha value is -1.32. The van der Waals surface area contributed by atoms with Crippen LogP contribution in [-0.4, -0.2) is 22.9 Å².